The third kappa shape index (κ3) is 8.18. The highest BCUT2D eigenvalue weighted by molar-refractivity contribution is 6.31. The molecule has 0 saturated heterocycles. The summed E-state index contributed by atoms with van der Waals surface area (Å²) in [5.74, 6) is -0.835. The third-order valence-corrected chi connectivity index (χ3v) is 5.39. The molecule has 3 rings (SSSR count). The van der Waals surface area contributed by atoms with Gasteiger partial charge in [0, 0.05) is 16.1 Å². The molecule has 0 unspecified atom stereocenters. The normalized spacial score (nSPS) is 10.7. The minimum Gasteiger partial charge on any atom is -0.490 e. The highest BCUT2D eigenvalue weighted by Gasteiger charge is 2.15. The smallest absolute Gasteiger partial charge is 0.249 e. The molecule has 0 aliphatic heterocycles. The number of carbonyl (C=O) groups excluding carboxylic acids is 2. The standard InChI is InChI=1S/C28H27ClFN3O4/c1-3-9-20-14-19(15-25(36-4-2)28(20)37-18-21-10-5-6-11-22(21)29)17-31-33-27(35)16-26(34)32-24-13-8-7-12-23(24)30/h3,5-8,10-15,17H,1,4,9,16,18H2,2H3,(H,32,34)(H,33,35). The Hall–Kier alpha value is -4.17. The molecule has 0 aliphatic rings. The average Bonchev–Trinajstić information content (AvgIpc) is 2.86. The number of anilines is 1. The van der Waals surface area contributed by atoms with Crippen molar-refractivity contribution in [1.29, 1.82) is 0 Å². The molecule has 0 fully saturated rings. The Morgan fingerprint density at radius 1 is 1.05 bits per heavy atom. The maximum Gasteiger partial charge on any atom is 0.249 e. The molecule has 0 heterocycles. The fourth-order valence-electron chi connectivity index (χ4n) is 3.38. The van der Waals surface area contributed by atoms with E-state index in [9.17, 15) is 14.0 Å². The van der Waals surface area contributed by atoms with E-state index in [1.165, 1.54) is 24.4 Å². The second-order valence-electron chi connectivity index (χ2n) is 7.81. The van der Waals surface area contributed by atoms with E-state index in [0.717, 1.165) is 11.1 Å². The predicted molar refractivity (Wildman–Crippen MR) is 143 cm³/mol. The molecule has 0 radical (unpaired) electrons. The Kier molecular flexibility index (Phi) is 10.2. The van der Waals surface area contributed by atoms with Gasteiger partial charge in [-0.3, -0.25) is 9.59 Å². The summed E-state index contributed by atoms with van der Waals surface area (Å²) in [7, 11) is 0. The maximum atomic E-state index is 13.7. The minimum atomic E-state index is -0.662. The summed E-state index contributed by atoms with van der Waals surface area (Å²) in [5, 5.41) is 6.89. The first-order chi connectivity index (χ1) is 17.9. The first kappa shape index (κ1) is 27.4. The van der Waals surface area contributed by atoms with Gasteiger partial charge in [-0.05, 0) is 49.2 Å². The lowest BCUT2D eigenvalue weighted by atomic mass is 10.1. The lowest BCUT2D eigenvalue weighted by Gasteiger charge is -2.17. The highest BCUT2D eigenvalue weighted by Crippen LogP contribution is 2.34. The van der Waals surface area contributed by atoms with Gasteiger partial charge in [0.15, 0.2) is 11.5 Å². The quantitative estimate of drug-likeness (QED) is 0.139. The van der Waals surface area contributed by atoms with Gasteiger partial charge in [-0.15, -0.1) is 6.58 Å². The second-order valence-corrected chi connectivity index (χ2v) is 8.22. The number of para-hydroxylation sites is 1. The number of nitrogens with zero attached hydrogens (tertiary/aromatic N) is 1. The molecule has 7 nitrogen and oxygen atoms in total. The van der Waals surface area contributed by atoms with Crippen LogP contribution < -0.4 is 20.2 Å². The number of hydrogen-bond acceptors (Lipinski definition) is 5. The molecule has 37 heavy (non-hydrogen) atoms. The molecule has 3 aromatic rings. The van der Waals surface area contributed by atoms with Gasteiger partial charge < -0.3 is 14.8 Å². The summed E-state index contributed by atoms with van der Waals surface area (Å²) >= 11 is 6.26. The van der Waals surface area contributed by atoms with E-state index in [1.54, 1.807) is 24.3 Å². The second kappa shape index (κ2) is 13.8. The number of rotatable bonds is 12. The van der Waals surface area contributed by atoms with Crippen LogP contribution in [0.15, 0.2) is 78.4 Å². The zero-order valence-electron chi connectivity index (χ0n) is 20.3. The maximum absolute atomic E-state index is 13.7. The number of carbonyl (C=O) groups is 2. The zero-order valence-corrected chi connectivity index (χ0v) is 21.1. The van der Waals surface area contributed by atoms with Gasteiger partial charge in [-0.25, -0.2) is 9.82 Å². The van der Waals surface area contributed by atoms with Crippen molar-refractivity contribution in [3.63, 3.8) is 0 Å². The topological polar surface area (TPSA) is 89.0 Å². The molecule has 0 atom stereocenters. The van der Waals surface area contributed by atoms with E-state index >= 15 is 0 Å². The van der Waals surface area contributed by atoms with Gasteiger partial charge in [-0.1, -0.05) is 48.0 Å². The van der Waals surface area contributed by atoms with E-state index in [1.807, 2.05) is 31.2 Å². The van der Waals surface area contributed by atoms with Crippen LogP contribution in [0.4, 0.5) is 10.1 Å². The first-order valence-corrected chi connectivity index (χ1v) is 11.9. The molecule has 0 spiro atoms. The summed E-state index contributed by atoms with van der Waals surface area (Å²) in [6, 6.07) is 16.7. The summed E-state index contributed by atoms with van der Waals surface area (Å²) in [4.78, 5) is 24.1. The van der Waals surface area contributed by atoms with Crippen LogP contribution in [0.1, 0.15) is 30.0 Å². The highest BCUT2D eigenvalue weighted by atomic mass is 35.5. The van der Waals surface area contributed by atoms with E-state index in [0.29, 0.717) is 35.1 Å². The van der Waals surface area contributed by atoms with Gasteiger partial charge in [0.05, 0.1) is 18.5 Å². The van der Waals surface area contributed by atoms with Crippen molar-refractivity contribution in [3.05, 3.63) is 101 Å². The van der Waals surface area contributed by atoms with Crippen molar-refractivity contribution in [1.82, 2.24) is 5.43 Å². The number of hydrogen-bond donors (Lipinski definition) is 2. The number of halogens is 2. The first-order valence-electron chi connectivity index (χ1n) is 11.5. The van der Waals surface area contributed by atoms with E-state index in [2.05, 4.69) is 22.4 Å². The van der Waals surface area contributed by atoms with Crippen LogP contribution in [0, 0.1) is 5.82 Å². The molecule has 0 aliphatic carbocycles. The van der Waals surface area contributed by atoms with Gasteiger partial charge in [-0.2, -0.15) is 5.10 Å². The van der Waals surface area contributed by atoms with Gasteiger partial charge in [0.2, 0.25) is 11.8 Å². The van der Waals surface area contributed by atoms with Crippen molar-refractivity contribution in [3.8, 4) is 11.5 Å². The molecule has 9 heteroatoms. The summed E-state index contributed by atoms with van der Waals surface area (Å²) in [6.45, 7) is 6.33. The van der Waals surface area contributed by atoms with Crippen molar-refractivity contribution in [2.45, 2.75) is 26.4 Å². The molecule has 0 aromatic heterocycles. The number of allylic oxidation sites excluding steroid dienone is 1. The molecule has 0 bridgehead atoms. The van der Waals surface area contributed by atoms with Crippen LogP contribution in [-0.2, 0) is 22.6 Å². The van der Waals surface area contributed by atoms with E-state index in [-0.39, 0.29) is 12.3 Å². The van der Waals surface area contributed by atoms with Gasteiger partial charge in [0.1, 0.15) is 18.8 Å². The predicted octanol–water partition coefficient (Wildman–Crippen LogP) is 5.66. The van der Waals surface area contributed by atoms with Crippen LogP contribution in [0.5, 0.6) is 11.5 Å². The van der Waals surface area contributed by atoms with Crippen molar-refractivity contribution < 1.29 is 23.5 Å². The van der Waals surface area contributed by atoms with Crippen LogP contribution in [0.25, 0.3) is 0 Å². The van der Waals surface area contributed by atoms with Crippen molar-refractivity contribution >= 4 is 35.3 Å². The molecule has 0 saturated carbocycles. The molecule has 2 amide bonds. The molecule has 192 valence electrons. The largest absolute Gasteiger partial charge is 0.490 e. The lowest BCUT2D eigenvalue weighted by molar-refractivity contribution is -0.126. The van der Waals surface area contributed by atoms with Crippen LogP contribution in [0.2, 0.25) is 5.02 Å². The fraction of sp³-hybridized carbons (Fsp3) is 0.179. The Morgan fingerprint density at radius 3 is 2.54 bits per heavy atom. The number of nitrogens with one attached hydrogen (secondary N) is 2. The monoisotopic (exact) mass is 523 g/mol. The minimum absolute atomic E-state index is 0.00107. The van der Waals surface area contributed by atoms with E-state index in [4.69, 9.17) is 21.1 Å². The van der Waals surface area contributed by atoms with Crippen LogP contribution >= 0.6 is 11.6 Å². The van der Waals surface area contributed by atoms with Crippen molar-refractivity contribution in [2.75, 3.05) is 11.9 Å². The molecular formula is C28H27ClFN3O4. The number of amides is 2. The summed E-state index contributed by atoms with van der Waals surface area (Å²) in [6.07, 6.45) is 3.15. The van der Waals surface area contributed by atoms with Crippen LogP contribution in [0.3, 0.4) is 0 Å². The number of benzene rings is 3. The Morgan fingerprint density at radius 2 is 1.81 bits per heavy atom. The number of hydrazone groups is 1. The summed E-state index contributed by atoms with van der Waals surface area (Å²) in [5.41, 5.74) is 4.59. The Labute approximate surface area is 219 Å². The SMILES string of the molecule is C=CCc1cc(C=NNC(=O)CC(=O)Nc2ccccc2F)cc(OCC)c1OCc1ccccc1Cl. The fourth-order valence-corrected chi connectivity index (χ4v) is 3.57. The molecular weight excluding hydrogens is 497 g/mol. The lowest BCUT2D eigenvalue weighted by Crippen LogP contribution is -2.25. The Balaban J connectivity index is 1.69. The number of ether oxygens (including phenoxy) is 2. The van der Waals surface area contributed by atoms with Gasteiger partial charge in [0.25, 0.3) is 0 Å². The van der Waals surface area contributed by atoms with E-state index < -0.39 is 24.1 Å². The molecule has 2 N–H and O–H groups in total. The van der Waals surface area contributed by atoms with Crippen LogP contribution in [-0.4, -0.2) is 24.6 Å². The zero-order chi connectivity index (χ0) is 26.6. The average molecular weight is 524 g/mol. The summed E-state index contributed by atoms with van der Waals surface area (Å²) < 4.78 is 25.6. The molecule has 3 aromatic carbocycles. The van der Waals surface area contributed by atoms with Crippen molar-refractivity contribution in [2.24, 2.45) is 5.10 Å². The third-order valence-electron chi connectivity index (χ3n) is 5.02. The van der Waals surface area contributed by atoms with Gasteiger partial charge >= 0.3 is 0 Å². The Bertz CT molecular complexity index is 1300.